The molecule has 2 atom stereocenters. The normalized spacial score (nSPS) is 21.7. The van der Waals surface area contributed by atoms with E-state index in [4.69, 9.17) is 4.74 Å². The quantitative estimate of drug-likeness (QED) is 0.150. The minimum atomic E-state index is -0.0991. The maximum absolute atomic E-state index is 12.8. The molecule has 0 bridgehead atoms. The molecule has 1 aromatic rings. The second kappa shape index (κ2) is 15.9. The summed E-state index contributed by atoms with van der Waals surface area (Å²) in [5, 5.41) is 7.75. The summed E-state index contributed by atoms with van der Waals surface area (Å²) in [6.45, 7) is 11.6. The third-order valence-electron chi connectivity index (χ3n) is 7.95. The maximum atomic E-state index is 12.8. The number of rotatable bonds is 12. The predicted octanol–water partition coefficient (Wildman–Crippen LogP) is 5.48. The number of amidine groups is 1. The van der Waals surface area contributed by atoms with Gasteiger partial charge in [0.05, 0.1) is 18.5 Å². The van der Waals surface area contributed by atoms with Gasteiger partial charge in [0.2, 0.25) is 5.91 Å². The molecule has 3 aliphatic rings. The fraction of sp³-hybridized carbons (Fsp3) is 0.441. The summed E-state index contributed by atoms with van der Waals surface area (Å²) in [5.41, 5.74) is 6.85. The molecule has 0 aromatic heterocycles. The first kappa shape index (κ1) is 31.0. The van der Waals surface area contributed by atoms with E-state index in [0.29, 0.717) is 11.7 Å². The zero-order valence-electron chi connectivity index (χ0n) is 25.4. The molecule has 0 aliphatic carbocycles. The highest BCUT2D eigenvalue weighted by molar-refractivity contribution is 6.05. The molecule has 1 fully saturated rings. The number of ether oxygens (including phenoxy) is 1. The molecule has 4 rings (SSSR count). The van der Waals surface area contributed by atoms with Crippen molar-refractivity contribution in [3.8, 4) is 5.75 Å². The monoisotopic (exact) mass is 570 g/mol. The molecule has 2 unspecified atom stereocenters. The lowest BCUT2D eigenvalue weighted by molar-refractivity contribution is -0.117. The number of aliphatic imine (C=N–C) groups is 1. The topological polar surface area (TPSA) is 81.6 Å². The number of allylic oxidation sites excluding steroid dienone is 5. The predicted molar refractivity (Wildman–Crippen MR) is 172 cm³/mol. The van der Waals surface area contributed by atoms with E-state index in [0.717, 1.165) is 87.6 Å². The number of hydrogen-bond acceptors (Lipinski definition) is 7. The summed E-state index contributed by atoms with van der Waals surface area (Å²) < 4.78 is 5.59. The van der Waals surface area contributed by atoms with Gasteiger partial charge in [-0.2, -0.15) is 5.10 Å². The second-order valence-corrected chi connectivity index (χ2v) is 11.0. The standard InChI is InChI=1S/C34H46N6O2/c1-5-12-31-19-18-30(25-40(31)24-28-13-7-8-15-32(28)42-4)36-34(41)16-11-14-29(6-2)38-37-26(3)27-17-20-33-35-21-9-10-22-39(33)23-27/h6-8,11,13-17,20,23,30-31,38H,2,5,9-10,12,18-19,21-22,24-25H2,1,3-4H3,(H,36,41)/b16-11+,29-14+,37-26+. The molecule has 8 heteroatoms. The van der Waals surface area contributed by atoms with Crippen LogP contribution in [-0.2, 0) is 11.3 Å². The number of hydrazone groups is 1. The Hall–Kier alpha value is -3.91. The Bertz CT molecular complexity index is 1270. The number of piperidine rings is 1. The zero-order chi connectivity index (χ0) is 29.7. The third-order valence-corrected chi connectivity index (χ3v) is 7.95. The lowest BCUT2D eigenvalue weighted by Crippen LogP contribution is -2.51. The average molecular weight is 571 g/mol. The van der Waals surface area contributed by atoms with Gasteiger partial charge in [-0.3, -0.25) is 20.1 Å². The Morgan fingerprint density at radius 2 is 2.10 bits per heavy atom. The zero-order valence-corrected chi connectivity index (χ0v) is 25.4. The number of benzene rings is 1. The first-order chi connectivity index (χ1) is 20.5. The number of para-hydroxylation sites is 1. The minimum Gasteiger partial charge on any atom is -0.496 e. The fourth-order valence-corrected chi connectivity index (χ4v) is 5.64. The van der Waals surface area contributed by atoms with Gasteiger partial charge < -0.3 is 15.0 Å². The summed E-state index contributed by atoms with van der Waals surface area (Å²) in [6, 6.07) is 8.80. The number of nitrogens with one attached hydrogen (secondary N) is 2. The first-order valence-corrected chi connectivity index (χ1v) is 15.2. The van der Waals surface area contributed by atoms with E-state index in [1.165, 1.54) is 5.56 Å². The number of nitrogens with zero attached hydrogens (tertiary/aromatic N) is 4. The smallest absolute Gasteiger partial charge is 0.244 e. The fourth-order valence-electron chi connectivity index (χ4n) is 5.64. The van der Waals surface area contributed by atoms with Crippen LogP contribution >= 0.6 is 0 Å². The van der Waals surface area contributed by atoms with E-state index in [2.05, 4.69) is 74.6 Å². The van der Waals surface area contributed by atoms with Crippen LogP contribution in [0.4, 0.5) is 0 Å². The molecule has 42 heavy (non-hydrogen) atoms. The number of carbonyl (C=O) groups excluding carboxylic acids is 1. The molecule has 2 N–H and O–H groups in total. The van der Waals surface area contributed by atoms with Crippen LogP contribution in [0.5, 0.6) is 5.75 Å². The Morgan fingerprint density at radius 1 is 1.24 bits per heavy atom. The third kappa shape index (κ3) is 8.79. The lowest BCUT2D eigenvalue weighted by Gasteiger charge is -2.40. The highest BCUT2D eigenvalue weighted by atomic mass is 16.5. The van der Waals surface area contributed by atoms with Crippen molar-refractivity contribution < 1.29 is 9.53 Å². The van der Waals surface area contributed by atoms with Crippen LogP contribution in [0.3, 0.4) is 0 Å². The van der Waals surface area contributed by atoms with Crippen molar-refractivity contribution in [1.82, 2.24) is 20.5 Å². The molecule has 3 aliphatic heterocycles. The summed E-state index contributed by atoms with van der Waals surface area (Å²) in [5.74, 6) is 1.83. The first-order valence-electron chi connectivity index (χ1n) is 15.2. The Balaban J connectivity index is 1.31. The number of fused-ring (bicyclic) bond motifs is 1. The second-order valence-electron chi connectivity index (χ2n) is 11.0. The van der Waals surface area contributed by atoms with Gasteiger partial charge in [-0.05, 0) is 69.4 Å². The molecular weight excluding hydrogens is 524 g/mol. The highest BCUT2D eigenvalue weighted by Crippen LogP contribution is 2.27. The van der Waals surface area contributed by atoms with E-state index in [9.17, 15) is 4.79 Å². The van der Waals surface area contributed by atoms with E-state index < -0.39 is 0 Å². The molecule has 224 valence electrons. The van der Waals surface area contributed by atoms with Crippen molar-refractivity contribution >= 4 is 17.5 Å². The Kier molecular flexibility index (Phi) is 11.8. The average Bonchev–Trinajstić information content (AvgIpc) is 3.25. The van der Waals surface area contributed by atoms with E-state index >= 15 is 0 Å². The number of methoxy groups -OCH3 is 1. The van der Waals surface area contributed by atoms with Crippen LogP contribution in [-0.4, -0.2) is 66.1 Å². The maximum Gasteiger partial charge on any atom is 0.244 e. The van der Waals surface area contributed by atoms with Gasteiger partial charge in [0.1, 0.15) is 11.6 Å². The summed E-state index contributed by atoms with van der Waals surface area (Å²) in [6.07, 6.45) is 19.6. The van der Waals surface area contributed by atoms with Crippen molar-refractivity contribution in [1.29, 1.82) is 0 Å². The molecule has 1 amide bonds. The van der Waals surface area contributed by atoms with Gasteiger partial charge in [-0.1, -0.05) is 44.2 Å². The SMILES string of the molecule is C=C/C(=C\C=C\C(=O)NC1CCC(CCC)N(Cc2ccccc2OC)C1)N/N=C(\C)C1=CN2CCCCN=C2C=C1. The minimum absolute atomic E-state index is 0.0991. The Labute approximate surface area is 251 Å². The van der Waals surface area contributed by atoms with Gasteiger partial charge in [0, 0.05) is 61.7 Å². The summed E-state index contributed by atoms with van der Waals surface area (Å²) >= 11 is 0. The molecule has 0 spiro atoms. The van der Waals surface area contributed by atoms with Crippen LogP contribution in [0.2, 0.25) is 0 Å². The largest absolute Gasteiger partial charge is 0.496 e. The van der Waals surface area contributed by atoms with Gasteiger partial charge >= 0.3 is 0 Å². The molecule has 1 saturated heterocycles. The molecule has 0 saturated carbocycles. The van der Waals surface area contributed by atoms with Gasteiger partial charge in [-0.25, -0.2) is 0 Å². The van der Waals surface area contributed by atoms with Crippen LogP contribution in [0.1, 0.15) is 57.9 Å². The van der Waals surface area contributed by atoms with Crippen LogP contribution < -0.4 is 15.5 Å². The van der Waals surface area contributed by atoms with Gasteiger partial charge in [-0.15, -0.1) is 0 Å². The van der Waals surface area contributed by atoms with E-state index in [1.54, 1.807) is 31.4 Å². The van der Waals surface area contributed by atoms with Crippen LogP contribution in [0, 0.1) is 0 Å². The van der Waals surface area contributed by atoms with E-state index in [1.807, 2.05) is 19.1 Å². The summed E-state index contributed by atoms with van der Waals surface area (Å²) in [4.78, 5) is 22.1. The molecule has 0 radical (unpaired) electrons. The van der Waals surface area contributed by atoms with Crippen molar-refractivity contribution in [2.75, 3.05) is 26.7 Å². The molecule has 1 aromatic carbocycles. The lowest BCUT2D eigenvalue weighted by atomic mass is 9.94. The molecular formula is C34H46N6O2. The van der Waals surface area contributed by atoms with Crippen molar-refractivity contribution in [3.63, 3.8) is 0 Å². The summed E-state index contributed by atoms with van der Waals surface area (Å²) in [7, 11) is 1.72. The van der Waals surface area contributed by atoms with Gasteiger partial charge in [0.15, 0.2) is 0 Å². The van der Waals surface area contributed by atoms with Crippen molar-refractivity contribution in [2.24, 2.45) is 10.1 Å². The van der Waals surface area contributed by atoms with Crippen LogP contribution in [0.15, 0.2) is 94.9 Å². The number of hydrogen-bond donors (Lipinski definition) is 2. The Morgan fingerprint density at radius 3 is 2.90 bits per heavy atom. The number of amides is 1. The molecule has 3 heterocycles. The number of carbonyl (C=O) groups is 1. The van der Waals surface area contributed by atoms with Crippen molar-refractivity contribution in [3.05, 3.63) is 90.3 Å². The number of likely N-dealkylation sites (tertiary alicyclic amines) is 1. The van der Waals surface area contributed by atoms with Crippen molar-refractivity contribution in [2.45, 2.75) is 71.0 Å². The van der Waals surface area contributed by atoms with Gasteiger partial charge in [0.25, 0.3) is 0 Å². The van der Waals surface area contributed by atoms with E-state index in [-0.39, 0.29) is 11.9 Å². The highest BCUT2D eigenvalue weighted by Gasteiger charge is 2.29. The molecule has 8 nitrogen and oxygen atoms in total. The van der Waals surface area contributed by atoms with Crippen LogP contribution in [0.25, 0.3) is 0 Å².